The largest absolute Gasteiger partial charge is 0.487 e. The number of nitrogens with two attached hydrogens (primary N) is 1. The molecule has 31 heavy (non-hydrogen) atoms. The van der Waals surface area contributed by atoms with Gasteiger partial charge in [0.2, 0.25) is 5.91 Å². The van der Waals surface area contributed by atoms with E-state index in [2.05, 4.69) is 10.3 Å². The number of primary amides is 1. The van der Waals surface area contributed by atoms with Gasteiger partial charge in [-0.1, -0.05) is 18.2 Å². The first-order valence-corrected chi connectivity index (χ1v) is 9.30. The smallest absolute Gasteiger partial charge is 0.254 e. The van der Waals surface area contributed by atoms with Crippen molar-refractivity contribution in [2.45, 2.75) is 12.5 Å². The monoisotopic (exact) mass is 427 g/mol. The van der Waals surface area contributed by atoms with Crippen molar-refractivity contribution in [3.63, 3.8) is 0 Å². The molecular formula is C22H16F3N3O3. The second-order valence-corrected chi connectivity index (χ2v) is 7.02. The fourth-order valence-electron chi connectivity index (χ4n) is 3.40. The van der Waals surface area contributed by atoms with E-state index < -0.39 is 40.9 Å². The van der Waals surface area contributed by atoms with Gasteiger partial charge in [0.25, 0.3) is 5.91 Å². The van der Waals surface area contributed by atoms with Crippen LogP contribution in [0.2, 0.25) is 0 Å². The van der Waals surface area contributed by atoms with E-state index in [0.717, 1.165) is 5.56 Å². The number of pyridine rings is 1. The molecular weight excluding hydrogens is 411 g/mol. The minimum atomic E-state index is -1.37. The molecule has 3 N–H and O–H groups in total. The Balaban J connectivity index is 1.49. The van der Waals surface area contributed by atoms with E-state index in [0.29, 0.717) is 35.4 Å². The minimum Gasteiger partial charge on any atom is -0.487 e. The average Bonchev–Trinajstić information content (AvgIpc) is 3.18. The molecule has 1 aliphatic rings. The van der Waals surface area contributed by atoms with Crippen molar-refractivity contribution in [3.8, 4) is 16.9 Å². The number of nitrogens with one attached hydrogen (secondary N) is 1. The zero-order valence-electron chi connectivity index (χ0n) is 16.0. The minimum absolute atomic E-state index is 0.0188. The summed E-state index contributed by atoms with van der Waals surface area (Å²) in [7, 11) is 0. The summed E-state index contributed by atoms with van der Waals surface area (Å²) in [6.45, 7) is 0.0188. The second-order valence-electron chi connectivity index (χ2n) is 7.02. The third-order valence-electron chi connectivity index (χ3n) is 4.91. The first-order chi connectivity index (χ1) is 14.8. The Labute approximate surface area is 174 Å². The number of ether oxygens (including phenoxy) is 1. The Kier molecular flexibility index (Phi) is 5.33. The van der Waals surface area contributed by atoms with Crippen molar-refractivity contribution in [3.05, 3.63) is 82.9 Å². The highest BCUT2D eigenvalue weighted by Crippen LogP contribution is 2.38. The fraction of sp³-hybridized carbons (Fsp3) is 0.136. The summed E-state index contributed by atoms with van der Waals surface area (Å²) >= 11 is 0. The number of hydrogen-bond donors (Lipinski definition) is 2. The van der Waals surface area contributed by atoms with Gasteiger partial charge in [-0.25, -0.2) is 13.2 Å². The first-order valence-electron chi connectivity index (χ1n) is 9.30. The molecule has 4 rings (SSSR count). The highest BCUT2D eigenvalue weighted by molar-refractivity contribution is 5.95. The van der Waals surface area contributed by atoms with Gasteiger partial charge in [-0.3, -0.25) is 14.6 Å². The van der Waals surface area contributed by atoms with Crippen LogP contribution in [-0.2, 0) is 6.42 Å². The van der Waals surface area contributed by atoms with Crippen LogP contribution in [0.4, 0.5) is 13.2 Å². The number of halogens is 3. The van der Waals surface area contributed by atoms with Gasteiger partial charge in [0.15, 0.2) is 11.6 Å². The van der Waals surface area contributed by atoms with E-state index >= 15 is 0 Å². The number of carbonyl (C=O) groups excluding carboxylic acids is 2. The number of hydrogen-bond acceptors (Lipinski definition) is 4. The van der Waals surface area contributed by atoms with Gasteiger partial charge >= 0.3 is 0 Å². The van der Waals surface area contributed by atoms with Crippen LogP contribution in [0, 0.1) is 17.5 Å². The third kappa shape index (κ3) is 4.07. The van der Waals surface area contributed by atoms with Crippen LogP contribution in [0.3, 0.4) is 0 Å². The van der Waals surface area contributed by atoms with Crippen molar-refractivity contribution in [2.24, 2.45) is 5.73 Å². The van der Waals surface area contributed by atoms with Gasteiger partial charge in [-0.15, -0.1) is 0 Å². The lowest BCUT2D eigenvalue weighted by molar-refractivity contribution is 0.0928. The highest BCUT2D eigenvalue weighted by Gasteiger charge is 2.27. The summed E-state index contributed by atoms with van der Waals surface area (Å²) < 4.78 is 46.2. The Hall–Kier alpha value is -3.88. The van der Waals surface area contributed by atoms with Crippen LogP contribution in [-0.4, -0.2) is 29.4 Å². The Morgan fingerprint density at radius 1 is 1.10 bits per heavy atom. The van der Waals surface area contributed by atoms with Crippen molar-refractivity contribution >= 4 is 11.8 Å². The zero-order chi connectivity index (χ0) is 22.1. The lowest BCUT2D eigenvalue weighted by Crippen LogP contribution is -2.35. The molecule has 2 aromatic carbocycles. The van der Waals surface area contributed by atoms with Crippen LogP contribution in [0.1, 0.15) is 26.3 Å². The van der Waals surface area contributed by atoms with Gasteiger partial charge in [0.05, 0.1) is 17.7 Å². The molecule has 6 nitrogen and oxygen atoms in total. The van der Waals surface area contributed by atoms with E-state index in [1.165, 1.54) is 6.20 Å². The summed E-state index contributed by atoms with van der Waals surface area (Å²) in [5.41, 5.74) is 7.20. The zero-order valence-corrected chi connectivity index (χ0v) is 16.0. The Morgan fingerprint density at radius 2 is 1.87 bits per heavy atom. The van der Waals surface area contributed by atoms with Gasteiger partial charge in [0.1, 0.15) is 17.7 Å². The molecule has 3 aromatic rings. The van der Waals surface area contributed by atoms with Crippen molar-refractivity contribution < 1.29 is 27.5 Å². The lowest BCUT2D eigenvalue weighted by atomic mass is 10.0. The molecule has 9 heteroatoms. The molecule has 0 spiro atoms. The normalized spacial score (nSPS) is 14.6. The average molecular weight is 427 g/mol. The van der Waals surface area contributed by atoms with E-state index in [4.69, 9.17) is 10.5 Å². The van der Waals surface area contributed by atoms with Gasteiger partial charge in [0, 0.05) is 36.0 Å². The maximum atomic E-state index is 13.8. The molecule has 158 valence electrons. The molecule has 0 saturated carbocycles. The number of fused-ring (bicyclic) bond motifs is 1. The molecule has 0 radical (unpaired) electrons. The van der Waals surface area contributed by atoms with Crippen molar-refractivity contribution in [1.82, 2.24) is 10.3 Å². The Morgan fingerprint density at radius 3 is 2.65 bits per heavy atom. The van der Waals surface area contributed by atoms with Crippen LogP contribution in [0.5, 0.6) is 5.75 Å². The molecule has 1 unspecified atom stereocenters. The van der Waals surface area contributed by atoms with Crippen LogP contribution in [0.15, 0.2) is 48.8 Å². The molecule has 2 amide bonds. The Bertz CT molecular complexity index is 1200. The van der Waals surface area contributed by atoms with Crippen LogP contribution >= 0.6 is 0 Å². The number of benzene rings is 2. The molecule has 1 aliphatic heterocycles. The maximum absolute atomic E-state index is 13.8. The van der Waals surface area contributed by atoms with Gasteiger partial charge < -0.3 is 15.8 Å². The lowest BCUT2D eigenvalue weighted by Gasteiger charge is -2.14. The topological polar surface area (TPSA) is 94.3 Å². The van der Waals surface area contributed by atoms with E-state index in [-0.39, 0.29) is 12.1 Å². The first kappa shape index (κ1) is 20.4. The number of aromatic nitrogens is 1. The summed E-state index contributed by atoms with van der Waals surface area (Å²) in [6, 6.07) is 7.94. The number of para-hydroxylation sites is 1. The molecule has 0 fully saturated rings. The number of carbonyl (C=O) groups is 2. The number of amides is 2. The third-order valence-corrected chi connectivity index (χ3v) is 4.91. The van der Waals surface area contributed by atoms with E-state index in [1.807, 2.05) is 12.1 Å². The van der Waals surface area contributed by atoms with E-state index in [1.54, 1.807) is 18.3 Å². The van der Waals surface area contributed by atoms with Gasteiger partial charge in [-0.05, 0) is 17.7 Å². The van der Waals surface area contributed by atoms with Crippen LogP contribution < -0.4 is 15.8 Å². The quantitative estimate of drug-likeness (QED) is 0.612. The maximum Gasteiger partial charge on any atom is 0.254 e. The van der Waals surface area contributed by atoms with Crippen molar-refractivity contribution in [1.29, 1.82) is 0 Å². The fourth-order valence-corrected chi connectivity index (χ4v) is 3.40. The summed E-state index contributed by atoms with van der Waals surface area (Å²) in [5, 5.41) is 2.48. The molecule has 0 saturated heterocycles. The summed E-state index contributed by atoms with van der Waals surface area (Å²) in [6.07, 6.45) is 2.95. The molecule has 0 bridgehead atoms. The summed E-state index contributed by atoms with van der Waals surface area (Å²) in [5.74, 6) is -4.75. The molecule has 1 atom stereocenters. The second kappa shape index (κ2) is 8.10. The predicted molar refractivity (Wildman–Crippen MR) is 105 cm³/mol. The number of nitrogens with zero attached hydrogens (tertiary/aromatic N) is 1. The molecule has 2 heterocycles. The predicted octanol–water partition coefficient (Wildman–Crippen LogP) is 3.00. The van der Waals surface area contributed by atoms with E-state index in [9.17, 15) is 22.8 Å². The number of rotatable bonds is 5. The van der Waals surface area contributed by atoms with Gasteiger partial charge in [-0.2, -0.15) is 0 Å². The van der Waals surface area contributed by atoms with Crippen LogP contribution in [0.25, 0.3) is 11.1 Å². The molecule has 0 aliphatic carbocycles. The summed E-state index contributed by atoms with van der Waals surface area (Å²) in [4.78, 5) is 27.7. The van der Waals surface area contributed by atoms with Crippen molar-refractivity contribution in [2.75, 3.05) is 6.54 Å². The standard InChI is InChI=1S/C22H16F3N3O3/c23-17-7-19(25)18(24)6-16(17)22(30)28-10-14-5-11-2-1-3-15(20(11)31-14)12-4-13(21(26)29)9-27-8-12/h1-4,6-9,14H,5,10H2,(H2,26,29)(H,28,30). The highest BCUT2D eigenvalue weighted by atomic mass is 19.2. The molecule has 1 aromatic heterocycles. The SMILES string of the molecule is NC(=O)c1cncc(-c2cccc3c2OC(CNC(=O)c2cc(F)c(F)cc2F)C3)c1.